The molecule has 0 saturated heterocycles. The van der Waals surface area contributed by atoms with Gasteiger partial charge in [-0.15, -0.1) is 0 Å². The quantitative estimate of drug-likeness (QED) is 0.702. The van der Waals surface area contributed by atoms with Crippen LogP contribution >= 0.6 is 0 Å². The molecule has 0 aliphatic carbocycles. The van der Waals surface area contributed by atoms with Crippen LogP contribution in [0.25, 0.3) is 0 Å². The Kier molecular flexibility index (Phi) is 5.52. The predicted molar refractivity (Wildman–Crippen MR) is 91.3 cm³/mol. The summed E-state index contributed by atoms with van der Waals surface area (Å²) in [5, 5.41) is 7.83. The van der Waals surface area contributed by atoms with E-state index in [1.165, 1.54) is 28.5 Å². The number of rotatable bonds is 6. The molecule has 2 aromatic rings. The van der Waals surface area contributed by atoms with Gasteiger partial charge in [0.25, 0.3) is 11.8 Å². The van der Waals surface area contributed by atoms with E-state index >= 15 is 0 Å². The molecule has 0 aromatic carbocycles. The van der Waals surface area contributed by atoms with Gasteiger partial charge >= 0.3 is 0 Å². The standard InChI is InChI=1S/C15H21N7O3/c1-5-6-16-14(24)12-19-11(8-21(12)3)20-15(25)13-18-10(7-22(13)4)17-9(2)23/h7-8H,5-6H2,1-4H3,(H,16,24)(H,17,23)(H,20,25). The Hall–Kier alpha value is -3.17. The second-order valence-corrected chi connectivity index (χ2v) is 5.51. The molecule has 0 aliphatic heterocycles. The summed E-state index contributed by atoms with van der Waals surface area (Å²) in [6, 6.07) is 0. The maximum atomic E-state index is 12.3. The number of aryl methyl sites for hydroxylation is 2. The molecule has 0 spiro atoms. The minimum Gasteiger partial charge on any atom is -0.349 e. The minimum atomic E-state index is -0.502. The molecule has 3 N–H and O–H groups in total. The van der Waals surface area contributed by atoms with Gasteiger partial charge in [-0.1, -0.05) is 6.92 Å². The molecule has 0 unspecified atom stereocenters. The van der Waals surface area contributed by atoms with Crippen molar-refractivity contribution in [3.63, 3.8) is 0 Å². The van der Waals surface area contributed by atoms with Crippen LogP contribution in [0.4, 0.5) is 11.6 Å². The van der Waals surface area contributed by atoms with Crippen molar-refractivity contribution in [2.45, 2.75) is 20.3 Å². The van der Waals surface area contributed by atoms with E-state index in [0.29, 0.717) is 6.54 Å². The van der Waals surface area contributed by atoms with Gasteiger partial charge in [0.15, 0.2) is 11.6 Å². The van der Waals surface area contributed by atoms with Crippen molar-refractivity contribution >= 4 is 29.4 Å². The summed E-state index contributed by atoms with van der Waals surface area (Å²) < 4.78 is 3.01. The average molecular weight is 347 g/mol. The fourth-order valence-corrected chi connectivity index (χ4v) is 2.15. The van der Waals surface area contributed by atoms with Crippen molar-refractivity contribution in [2.24, 2.45) is 14.1 Å². The van der Waals surface area contributed by atoms with Gasteiger partial charge in [0.05, 0.1) is 0 Å². The highest BCUT2D eigenvalue weighted by Crippen LogP contribution is 2.11. The summed E-state index contributed by atoms with van der Waals surface area (Å²) in [7, 11) is 3.30. The number of imidazole rings is 2. The van der Waals surface area contributed by atoms with Crippen LogP contribution in [0, 0.1) is 0 Å². The van der Waals surface area contributed by atoms with E-state index in [1.807, 2.05) is 6.92 Å². The third-order valence-corrected chi connectivity index (χ3v) is 3.24. The van der Waals surface area contributed by atoms with E-state index in [2.05, 4.69) is 25.9 Å². The van der Waals surface area contributed by atoms with Crippen LogP contribution in [-0.4, -0.2) is 43.4 Å². The van der Waals surface area contributed by atoms with Crippen molar-refractivity contribution in [3.8, 4) is 0 Å². The minimum absolute atomic E-state index is 0.103. The van der Waals surface area contributed by atoms with Gasteiger partial charge < -0.3 is 25.1 Å². The molecular formula is C15H21N7O3. The second kappa shape index (κ2) is 7.60. The van der Waals surface area contributed by atoms with E-state index in [4.69, 9.17) is 0 Å². The molecule has 0 aliphatic rings. The first-order chi connectivity index (χ1) is 11.8. The molecule has 0 atom stereocenters. The Morgan fingerprint density at radius 1 is 0.960 bits per heavy atom. The van der Waals surface area contributed by atoms with Crippen LogP contribution in [0.1, 0.15) is 41.5 Å². The van der Waals surface area contributed by atoms with E-state index in [9.17, 15) is 14.4 Å². The average Bonchev–Trinajstić information content (AvgIpc) is 3.06. The zero-order chi connectivity index (χ0) is 18.6. The van der Waals surface area contributed by atoms with Gasteiger partial charge in [-0.05, 0) is 6.42 Å². The summed E-state index contributed by atoms with van der Waals surface area (Å²) in [5.41, 5.74) is 0. The molecule has 10 nitrogen and oxygen atoms in total. The van der Waals surface area contributed by atoms with Crippen LogP contribution < -0.4 is 16.0 Å². The maximum Gasteiger partial charge on any atom is 0.292 e. The van der Waals surface area contributed by atoms with E-state index in [0.717, 1.165) is 6.42 Å². The maximum absolute atomic E-state index is 12.3. The zero-order valence-corrected chi connectivity index (χ0v) is 14.6. The highest BCUT2D eigenvalue weighted by Gasteiger charge is 2.18. The van der Waals surface area contributed by atoms with Gasteiger partial charge in [-0.3, -0.25) is 14.4 Å². The summed E-state index contributed by atoms with van der Waals surface area (Å²) in [6.45, 7) is 3.85. The Balaban J connectivity index is 2.12. The fraction of sp³-hybridized carbons (Fsp3) is 0.400. The van der Waals surface area contributed by atoms with Crippen LogP contribution in [0.3, 0.4) is 0 Å². The predicted octanol–water partition coefficient (Wildman–Crippen LogP) is 0.504. The number of carbonyl (C=O) groups is 3. The van der Waals surface area contributed by atoms with Crippen molar-refractivity contribution in [2.75, 3.05) is 17.2 Å². The van der Waals surface area contributed by atoms with Gasteiger partial charge in [-0.25, -0.2) is 9.97 Å². The number of carbonyl (C=O) groups excluding carboxylic acids is 3. The molecular weight excluding hydrogens is 326 g/mol. The van der Waals surface area contributed by atoms with E-state index in [1.54, 1.807) is 14.1 Å². The number of nitrogens with zero attached hydrogens (tertiary/aromatic N) is 4. The van der Waals surface area contributed by atoms with Crippen LogP contribution in [0.5, 0.6) is 0 Å². The monoisotopic (exact) mass is 347 g/mol. The SMILES string of the molecule is CCCNC(=O)c1nc(NC(=O)c2nc(NC(C)=O)cn2C)cn1C. The van der Waals surface area contributed by atoms with Gasteiger partial charge in [-0.2, -0.15) is 0 Å². The molecule has 25 heavy (non-hydrogen) atoms. The number of hydrogen-bond donors (Lipinski definition) is 3. The summed E-state index contributed by atoms with van der Waals surface area (Å²) >= 11 is 0. The number of anilines is 2. The topological polar surface area (TPSA) is 123 Å². The largest absolute Gasteiger partial charge is 0.349 e. The molecule has 3 amide bonds. The van der Waals surface area contributed by atoms with E-state index in [-0.39, 0.29) is 35.1 Å². The lowest BCUT2D eigenvalue weighted by Crippen LogP contribution is -2.26. The smallest absolute Gasteiger partial charge is 0.292 e. The second-order valence-electron chi connectivity index (χ2n) is 5.51. The number of amides is 3. The highest BCUT2D eigenvalue weighted by atomic mass is 16.2. The van der Waals surface area contributed by atoms with Crippen LogP contribution in [0.15, 0.2) is 12.4 Å². The zero-order valence-electron chi connectivity index (χ0n) is 14.6. The molecule has 0 bridgehead atoms. The van der Waals surface area contributed by atoms with E-state index < -0.39 is 5.91 Å². The van der Waals surface area contributed by atoms with Gasteiger partial charge in [0.1, 0.15) is 0 Å². The first-order valence-corrected chi connectivity index (χ1v) is 7.75. The lowest BCUT2D eigenvalue weighted by atomic mass is 10.4. The number of hydrogen-bond acceptors (Lipinski definition) is 5. The first-order valence-electron chi connectivity index (χ1n) is 7.75. The lowest BCUT2D eigenvalue weighted by molar-refractivity contribution is -0.114. The van der Waals surface area contributed by atoms with Gasteiger partial charge in [0.2, 0.25) is 17.6 Å². The molecule has 2 heterocycles. The van der Waals surface area contributed by atoms with Crippen molar-refractivity contribution in [1.82, 2.24) is 24.4 Å². The van der Waals surface area contributed by atoms with Crippen molar-refractivity contribution in [1.29, 1.82) is 0 Å². The van der Waals surface area contributed by atoms with Gasteiger partial charge in [0, 0.05) is 40.0 Å². The molecule has 134 valence electrons. The third-order valence-electron chi connectivity index (χ3n) is 3.24. The molecule has 0 saturated carbocycles. The highest BCUT2D eigenvalue weighted by molar-refractivity contribution is 6.02. The molecule has 2 rings (SSSR count). The Bertz CT molecular complexity index is 806. The Morgan fingerprint density at radius 3 is 2.00 bits per heavy atom. The molecule has 0 fully saturated rings. The fourth-order valence-electron chi connectivity index (χ4n) is 2.15. The number of nitrogens with one attached hydrogen (secondary N) is 3. The summed E-state index contributed by atoms with van der Waals surface area (Å²) in [4.78, 5) is 43.6. The van der Waals surface area contributed by atoms with Crippen molar-refractivity contribution < 1.29 is 14.4 Å². The molecule has 2 aromatic heterocycles. The Labute approximate surface area is 144 Å². The normalized spacial score (nSPS) is 10.4. The summed E-state index contributed by atoms with van der Waals surface area (Å²) in [6.07, 6.45) is 3.88. The first kappa shape index (κ1) is 18.2. The third kappa shape index (κ3) is 4.43. The molecule has 10 heteroatoms. The van der Waals surface area contributed by atoms with Crippen LogP contribution in [0.2, 0.25) is 0 Å². The van der Waals surface area contributed by atoms with Crippen LogP contribution in [-0.2, 0) is 18.9 Å². The van der Waals surface area contributed by atoms with Crippen molar-refractivity contribution in [3.05, 3.63) is 24.0 Å². The summed E-state index contributed by atoms with van der Waals surface area (Å²) in [5.74, 6) is -0.280. The number of aromatic nitrogens is 4. The Morgan fingerprint density at radius 2 is 1.48 bits per heavy atom. The molecule has 0 radical (unpaired) electrons. The lowest BCUT2D eigenvalue weighted by Gasteiger charge is -2.02.